The van der Waals surface area contributed by atoms with Gasteiger partial charge in [-0.05, 0) is 25.1 Å². The first-order chi connectivity index (χ1) is 7.00. The van der Waals surface area contributed by atoms with Gasteiger partial charge in [-0.1, -0.05) is 6.07 Å². The van der Waals surface area contributed by atoms with Gasteiger partial charge in [0, 0.05) is 19.2 Å². The lowest BCUT2D eigenvalue weighted by molar-refractivity contribution is 0.0703. The van der Waals surface area contributed by atoms with Crippen LogP contribution in [0.1, 0.15) is 17.3 Å². The monoisotopic (exact) mass is 211 g/mol. The molecule has 0 bridgehead atoms. The molecule has 0 saturated carbocycles. The molecule has 0 radical (unpaired) electrons. The van der Waals surface area contributed by atoms with Crippen molar-refractivity contribution in [1.82, 2.24) is 4.90 Å². The smallest absolute Gasteiger partial charge is 0.253 e. The second-order valence-corrected chi connectivity index (χ2v) is 3.55. The lowest BCUT2D eigenvalue weighted by atomic mass is 10.2. The number of carbonyl (C=O) groups is 1. The van der Waals surface area contributed by atoms with E-state index >= 15 is 0 Å². The van der Waals surface area contributed by atoms with E-state index in [0.29, 0.717) is 0 Å². The predicted octanol–water partition coefficient (Wildman–Crippen LogP) is 1.28. The Bertz CT molecular complexity index is 352. The first kappa shape index (κ1) is 11.7. The summed E-state index contributed by atoms with van der Waals surface area (Å²) in [6, 6.07) is 5.50. The van der Waals surface area contributed by atoms with Crippen LogP contribution in [0.15, 0.2) is 24.3 Å². The molecule has 0 fully saturated rings. The molecule has 82 valence electrons. The molecule has 15 heavy (non-hydrogen) atoms. The fourth-order valence-corrected chi connectivity index (χ4v) is 1.32. The van der Waals surface area contributed by atoms with Crippen LogP contribution in [0.4, 0.5) is 4.39 Å². The Morgan fingerprint density at radius 3 is 2.80 bits per heavy atom. The van der Waals surface area contributed by atoms with E-state index in [1.54, 1.807) is 20.0 Å². The summed E-state index contributed by atoms with van der Waals surface area (Å²) in [5, 5.41) is 9.11. The molecular formula is C11H14FNO2. The maximum absolute atomic E-state index is 12.8. The number of benzene rings is 1. The number of hydrogen-bond donors (Lipinski definition) is 1. The van der Waals surface area contributed by atoms with Crippen molar-refractivity contribution in [1.29, 1.82) is 0 Å². The zero-order valence-corrected chi connectivity index (χ0v) is 8.77. The maximum atomic E-state index is 12.8. The third-order valence-electron chi connectivity index (χ3n) is 1.96. The molecule has 0 aliphatic rings. The van der Waals surface area contributed by atoms with Gasteiger partial charge in [0.25, 0.3) is 5.91 Å². The van der Waals surface area contributed by atoms with E-state index in [9.17, 15) is 9.18 Å². The van der Waals surface area contributed by atoms with Gasteiger partial charge < -0.3 is 10.0 Å². The van der Waals surface area contributed by atoms with Crippen molar-refractivity contribution in [2.75, 3.05) is 13.6 Å². The molecule has 1 unspecified atom stereocenters. The molecule has 3 nitrogen and oxygen atoms in total. The van der Waals surface area contributed by atoms with Crippen molar-refractivity contribution in [2.24, 2.45) is 0 Å². The second-order valence-electron chi connectivity index (χ2n) is 3.55. The van der Waals surface area contributed by atoms with E-state index in [2.05, 4.69) is 0 Å². The van der Waals surface area contributed by atoms with E-state index in [4.69, 9.17) is 5.11 Å². The van der Waals surface area contributed by atoms with Crippen LogP contribution in [-0.2, 0) is 0 Å². The molecule has 0 aliphatic carbocycles. The van der Waals surface area contributed by atoms with Gasteiger partial charge in [-0.3, -0.25) is 4.79 Å². The molecule has 1 rings (SSSR count). The number of nitrogens with zero attached hydrogens (tertiary/aromatic N) is 1. The third-order valence-corrected chi connectivity index (χ3v) is 1.96. The van der Waals surface area contributed by atoms with Crippen LogP contribution in [0.5, 0.6) is 0 Å². The van der Waals surface area contributed by atoms with E-state index in [-0.39, 0.29) is 18.0 Å². The van der Waals surface area contributed by atoms with Crippen LogP contribution in [-0.4, -0.2) is 35.6 Å². The molecule has 4 heteroatoms. The number of amides is 1. The molecule has 1 atom stereocenters. The molecule has 1 aromatic rings. The van der Waals surface area contributed by atoms with Crippen LogP contribution in [0.2, 0.25) is 0 Å². The average molecular weight is 211 g/mol. The van der Waals surface area contributed by atoms with Crippen LogP contribution in [0.25, 0.3) is 0 Å². The van der Waals surface area contributed by atoms with Gasteiger partial charge in [0.15, 0.2) is 0 Å². The van der Waals surface area contributed by atoms with Crippen molar-refractivity contribution in [3.8, 4) is 0 Å². The Balaban J connectivity index is 2.76. The quantitative estimate of drug-likeness (QED) is 0.818. The SMILES string of the molecule is CC(O)CN(C)C(=O)c1cccc(F)c1. The predicted molar refractivity (Wildman–Crippen MR) is 55.0 cm³/mol. The highest BCUT2D eigenvalue weighted by atomic mass is 19.1. The molecule has 0 aromatic heterocycles. The van der Waals surface area contributed by atoms with Crippen LogP contribution in [0.3, 0.4) is 0 Å². The van der Waals surface area contributed by atoms with Gasteiger partial charge in [-0.2, -0.15) is 0 Å². The summed E-state index contributed by atoms with van der Waals surface area (Å²) in [6.07, 6.45) is -0.590. The Morgan fingerprint density at radius 2 is 2.27 bits per heavy atom. The number of rotatable bonds is 3. The Kier molecular flexibility index (Phi) is 3.80. The van der Waals surface area contributed by atoms with Gasteiger partial charge in [0.05, 0.1) is 6.10 Å². The lowest BCUT2D eigenvalue weighted by Gasteiger charge is -2.18. The van der Waals surface area contributed by atoms with Gasteiger partial charge >= 0.3 is 0 Å². The average Bonchev–Trinajstić information content (AvgIpc) is 2.15. The normalized spacial score (nSPS) is 12.3. The highest BCUT2D eigenvalue weighted by Crippen LogP contribution is 2.06. The van der Waals surface area contributed by atoms with Gasteiger partial charge in [-0.15, -0.1) is 0 Å². The molecule has 0 heterocycles. The van der Waals surface area contributed by atoms with Gasteiger partial charge in [0.2, 0.25) is 0 Å². The minimum absolute atomic E-state index is 0.231. The number of halogens is 1. The fourth-order valence-electron chi connectivity index (χ4n) is 1.32. The summed E-state index contributed by atoms with van der Waals surface area (Å²) in [5.41, 5.74) is 0.290. The highest BCUT2D eigenvalue weighted by Gasteiger charge is 2.13. The number of aliphatic hydroxyl groups is 1. The molecule has 0 spiro atoms. The zero-order valence-electron chi connectivity index (χ0n) is 8.77. The first-order valence-corrected chi connectivity index (χ1v) is 4.70. The number of carbonyl (C=O) groups excluding carboxylic acids is 1. The van der Waals surface area contributed by atoms with Crippen molar-refractivity contribution >= 4 is 5.91 Å². The van der Waals surface area contributed by atoms with E-state index in [1.165, 1.54) is 23.1 Å². The minimum atomic E-state index is -0.590. The summed E-state index contributed by atoms with van der Waals surface area (Å²) < 4.78 is 12.8. The van der Waals surface area contributed by atoms with Crippen LogP contribution in [0, 0.1) is 5.82 Å². The summed E-state index contributed by atoms with van der Waals surface area (Å²) in [5.74, 6) is -0.735. The first-order valence-electron chi connectivity index (χ1n) is 4.70. The topological polar surface area (TPSA) is 40.5 Å². The van der Waals surface area contributed by atoms with Crippen LogP contribution >= 0.6 is 0 Å². The number of aliphatic hydroxyl groups excluding tert-OH is 1. The molecular weight excluding hydrogens is 197 g/mol. The summed E-state index contributed by atoms with van der Waals surface area (Å²) in [4.78, 5) is 13.0. The van der Waals surface area contributed by atoms with Crippen molar-refractivity contribution in [3.63, 3.8) is 0 Å². The largest absolute Gasteiger partial charge is 0.392 e. The molecule has 1 N–H and O–H groups in total. The lowest BCUT2D eigenvalue weighted by Crippen LogP contribution is -2.33. The third kappa shape index (κ3) is 3.32. The number of hydrogen-bond acceptors (Lipinski definition) is 2. The van der Waals surface area contributed by atoms with Gasteiger partial charge in [-0.25, -0.2) is 4.39 Å². The molecule has 0 saturated heterocycles. The summed E-state index contributed by atoms with van der Waals surface area (Å²) in [7, 11) is 1.57. The highest BCUT2D eigenvalue weighted by molar-refractivity contribution is 5.94. The maximum Gasteiger partial charge on any atom is 0.253 e. The second kappa shape index (κ2) is 4.89. The molecule has 1 amide bonds. The van der Waals surface area contributed by atoms with E-state index in [1.807, 2.05) is 0 Å². The molecule has 0 aliphatic heterocycles. The Morgan fingerprint density at radius 1 is 1.60 bits per heavy atom. The molecule has 1 aromatic carbocycles. The summed E-state index contributed by atoms with van der Waals surface area (Å²) >= 11 is 0. The van der Waals surface area contributed by atoms with Gasteiger partial charge in [0.1, 0.15) is 5.82 Å². The minimum Gasteiger partial charge on any atom is -0.392 e. The van der Waals surface area contributed by atoms with E-state index in [0.717, 1.165) is 0 Å². The number of likely N-dealkylation sites (N-methyl/N-ethyl adjacent to an activating group) is 1. The summed E-state index contributed by atoms with van der Waals surface area (Å²) in [6.45, 7) is 1.82. The van der Waals surface area contributed by atoms with Crippen LogP contribution < -0.4 is 0 Å². The fraction of sp³-hybridized carbons (Fsp3) is 0.364. The van der Waals surface area contributed by atoms with Crippen molar-refractivity contribution < 1.29 is 14.3 Å². The standard InChI is InChI=1S/C11H14FNO2/c1-8(14)7-13(2)11(15)9-4-3-5-10(12)6-9/h3-6,8,14H,7H2,1-2H3. The van der Waals surface area contributed by atoms with Crippen molar-refractivity contribution in [2.45, 2.75) is 13.0 Å². The van der Waals surface area contributed by atoms with E-state index < -0.39 is 11.9 Å². The zero-order chi connectivity index (χ0) is 11.4. The Hall–Kier alpha value is -1.42. The van der Waals surface area contributed by atoms with Crippen molar-refractivity contribution in [3.05, 3.63) is 35.6 Å². The Labute approximate surface area is 88.1 Å².